The van der Waals surface area contributed by atoms with Gasteiger partial charge in [0.25, 0.3) is 0 Å². The zero-order valence-corrected chi connectivity index (χ0v) is 24.5. The Morgan fingerprint density at radius 1 is 1.02 bits per heavy atom. The number of piperidine rings is 2. The molecule has 0 bridgehead atoms. The van der Waals surface area contributed by atoms with E-state index in [9.17, 15) is 4.79 Å². The molecule has 5 heterocycles. The Balaban J connectivity index is 1.18. The van der Waals surface area contributed by atoms with Gasteiger partial charge in [-0.2, -0.15) is 0 Å². The number of nitrogens with one attached hydrogen (secondary N) is 2. The van der Waals surface area contributed by atoms with E-state index in [2.05, 4.69) is 63.1 Å². The Bertz CT molecular complexity index is 1470. The molecule has 3 aliphatic heterocycles. The summed E-state index contributed by atoms with van der Waals surface area (Å²) in [5.41, 5.74) is 6.02. The highest BCUT2D eigenvalue weighted by atomic mass is 16.2. The molecule has 4 fully saturated rings. The molecular formula is C33H43N7O. The number of rotatable bonds is 6. The van der Waals surface area contributed by atoms with Crippen LogP contribution in [0.15, 0.2) is 30.6 Å². The topological polar surface area (TPSA) is 78.3 Å². The van der Waals surface area contributed by atoms with Crippen LogP contribution >= 0.6 is 0 Å². The normalized spacial score (nSPS) is 26.1. The van der Waals surface area contributed by atoms with E-state index < -0.39 is 0 Å². The minimum atomic E-state index is -0.387. The third-order valence-corrected chi connectivity index (χ3v) is 10.5. The lowest BCUT2D eigenvalue weighted by Gasteiger charge is -2.48. The van der Waals surface area contributed by atoms with Crippen LogP contribution in [-0.4, -0.2) is 69.6 Å². The molecule has 1 amide bonds. The Hall–Kier alpha value is -2.97. The van der Waals surface area contributed by atoms with Gasteiger partial charge in [-0.3, -0.25) is 4.79 Å². The number of anilines is 2. The fourth-order valence-corrected chi connectivity index (χ4v) is 7.92. The largest absolute Gasteiger partial charge is 0.366 e. The first-order valence-electron chi connectivity index (χ1n) is 16.1. The van der Waals surface area contributed by atoms with Crippen molar-refractivity contribution < 1.29 is 4.79 Å². The van der Waals surface area contributed by atoms with Gasteiger partial charge in [-0.1, -0.05) is 18.6 Å². The summed E-state index contributed by atoms with van der Waals surface area (Å²) in [7, 11) is 0. The summed E-state index contributed by atoms with van der Waals surface area (Å²) in [6.07, 6.45) is 12.3. The van der Waals surface area contributed by atoms with E-state index in [1.807, 2.05) is 6.33 Å². The number of likely N-dealkylation sites (tertiary alicyclic amines) is 1. The second-order valence-corrected chi connectivity index (χ2v) is 13.5. The summed E-state index contributed by atoms with van der Waals surface area (Å²) >= 11 is 0. The van der Waals surface area contributed by atoms with Crippen LogP contribution in [0.25, 0.3) is 22.3 Å². The van der Waals surface area contributed by atoms with Crippen molar-refractivity contribution in [1.82, 2.24) is 24.8 Å². The van der Waals surface area contributed by atoms with Gasteiger partial charge in [0, 0.05) is 35.4 Å². The number of hydrogen-bond donors (Lipinski definition) is 2. The number of fused-ring (bicyclic) bond motifs is 3. The lowest BCUT2D eigenvalue weighted by molar-refractivity contribution is -0.125. The smallest absolute Gasteiger partial charge is 0.238 e. The predicted octanol–water partition coefficient (Wildman–Crippen LogP) is 5.24. The van der Waals surface area contributed by atoms with E-state index in [-0.39, 0.29) is 5.41 Å². The van der Waals surface area contributed by atoms with Gasteiger partial charge in [-0.25, -0.2) is 9.97 Å². The molecule has 2 saturated heterocycles. The zero-order valence-electron chi connectivity index (χ0n) is 24.5. The Morgan fingerprint density at radius 2 is 1.80 bits per heavy atom. The summed E-state index contributed by atoms with van der Waals surface area (Å²) in [6, 6.07) is 10.6. The van der Waals surface area contributed by atoms with Crippen molar-refractivity contribution >= 4 is 28.4 Å². The molecule has 2 aromatic heterocycles. The van der Waals surface area contributed by atoms with Crippen LogP contribution in [0.4, 0.5) is 11.5 Å². The van der Waals surface area contributed by atoms with Crippen molar-refractivity contribution in [1.29, 1.82) is 0 Å². The van der Waals surface area contributed by atoms with Crippen LogP contribution < -0.4 is 15.5 Å². The summed E-state index contributed by atoms with van der Waals surface area (Å²) in [4.78, 5) is 29.3. The molecule has 8 heteroatoms. The molecule has 2 saturated carbocycles. The van der Waals surface area contributed by atoms with Gasteiger partial charge in [0.2, 0.25) is 5.91 Å². The number of imidazole rings is 1. The van der Waals surface area contributed by atoms with Gasteiger partial charge >= 0.3 is 0 Å². The lowest BCUT2D eigenvalue weighted by Crippen LogP contribution is -2.58. The number of pyridine rings is 1. The summed E-state index contributed by atoms with van der Waals surface area (Å²) in [6.45, 7) is 8.62. The first kappa shape index (κ1) is 25.7. The second kappa shape index (κ2) is 9.80. The number of hydrogen-bond acceptors (Lipinski definition) is 6. The molecule has 5 aliphatic rings. The first-order chi connectivity index (χ1) is 20.0. The van der Waals surface area contributed by atoms with Crippen molar-refractivity contribution in [3.63, 3.8) is 0 Å². The maximum atomic E-state index is 14.4. The molecule has 41 heavy (non-hydrogen) atoms. The number of nitrogens with zero attached hydrogens (tertiary/aromatic N) is 5. The average molecular weight is 554 g/mol. The molecule has 2 N–H and O–H groups in total. The van der Waals surface area contributed by atoms with Gasteiger partial charge < -0.3 is 25.0 Å². The lowest BCUT2D eigenvalue weighted by atomic mass is 9.74. The Labute approximate surface area is 242 Å². The number of aromatic nitrogens is 3. The molecule has 8 nitrogen and oxygen atoms in total. The zero-order chi connectivity index (χ0) is 27.7. The molecule has 8 rings (SSSR count). The Morgan fingerprint density at radius 3 is 2.54 bits per heavy atom. The van der Waals surface area contributed by atoms with E-state index >= 15 is 0 Å². The van der Waals surface area contributed by atoms with Crippen molar-refractivity contribution in [3.8, 4) is 11.3 Å². The number of benzene rings is 1. The monoisotopic (exact) mass is 553 g/mol. The summed E-state index contributed by atoms with van der Waals surface area (Å²) in [5.74, 6) is 1.27. The predicted molar refractivity (Wildman–Crippen MR) is 163 cm³/mol. The number of carbonyl (C=O) groups is 1. The number of amides is 1. The maximum absolute atomic E-state index is 14.4. The number of carbonyl (C=O) groups excluding carboxylic acids is 1. The van der Waals surface area contributed by atoms with Crippen molar-refractivity contribution in [2.75, 3.05) is 36.4 Å². The highest BCUT2D eigenvalue weighted by Gasteiger charge is 2.54. The van der Waals surface area contributed by atoms with E-state index in [1.54, 1.807) is 0 Å². The van der Waals surface area contributed by atoms with E-state index in [4.69, 9.17) is 9.97 Å². The van der Waals surface area contributed by atoms with Gasteiger partial charge in [0.15, 0.2) is 5.82 Å². The van der Waals surface area contributed by atoms with Gasteiger partial charge in [-0.05, 0) is 109 Å². The van der Waals surface area contributed by atoms with E-state index in [0.717, 1.165) is 72.6 Å². The molecular weight excluding hydrogens is 510 g/mol. The molecule has 0 atom stereocenters. The molecule has 1 aromatic carbocycles. The van der Waals surface area contributed by atoms with Crippen LogP contribution in [0, 0.1) is 0 Å². The van der Waals surface area contributed by atoms with Gasteiger partial charge in [-0.15, -0.1) is 0 Å². The fraction of sp³-hybridized carbons (Fsp3) is 0.606. The SMILES string of the molecule is CC(C)n1cnc2cc(-c3ccc4c(c3)N(C3CC(N5CCCCC5)C3)C(=O)C43CCNCC3)nc(NC3CC3)c21. The van der Waals surface area contributed by atoms with Crippen LogP contribution in [0.5, 0.6) is 0 Å². The maximum Gasteiger partial charge on any atom is 0.238 e. The van der Waals surface area contributed by atoms with Crippen LogP contribution in [-0.2, 0) is 10.2 Å². The minimum absolute atomic E-state index is 0.293. The van der Waals surface area contributed by atoms with Crippen molar-refractivity contribution in [2.24, 2.45) is 0 Å². The van der Waals surface area contributed by atoms with E-state index in [1.165, 1.54) is 50.8 Å². The third kappa shape index (κ3) is 4.20. The van der Waals surface area contributed by atoms with Gasteiger partial charge in [0.05, 0.1) is 23.0 Å². The Kier molecular flexibility index (Phi) is 6.15. The van der Waals surface area contributed by atoms with Crippen LogP contribution in [0.1, 0.15) is 83.2 Å². The molecule has 2 aliphatic carbocycles. The molecule has 216 valence electrons. The molecule has 1 spiro atoms. The van der Waals surface area contributed by atoms with Gasteiger partial charge in [0.1, 0.15) is 5.52 Å². The highest BCUT2D eigenvalue weighted by Crippen LogP contribution is 2.51. The fourth-order valence-electron chi connectivity index (χ4n) is 7.92. The van der Waals surface area contributed by atoms with E-state index in [0.29, 0.717) is 30.1 Å². The van der Waals surface area contributed by atoms with Crippen LogP contribution in [0.2, 0.25) is 0 Å². The average Bonchev–Trinajstić information content (AvgIpc) is 3.63. The van der Waals surface area contributed by atoms with Crippen LogP contribution in [0.3, 0.4) is 0 Å². The second-order valence-electron chi connectivity index (χ2n) is 13.5. The first-order valence-corrected chi connectivity index (χ1v) is 16.1. The molecule has 0 unspecified atom stereocenters. The molecule has 0 radical (unpaired) electrons. The third-order valence-electron chi connectivity index (χ3n) is 10.5. The van der Waals surface area contributed by atoms with Crippen molar-refractivity contribution in [3.05, 3.63) is 36.2 Å². The highest BCUT2D eigenvalue weighted by molar-refractivity contribution is 6.09. The summed E-state index contributed by atoms with van der Waals surface area (Å²) in [5, 5.41) is 7.19. The minimum Gasteiger partial charge on any atom is -0.366 e. The quantitative estimate of drug-likeness (QED) is 0.435. The van der Waals surface area contributed by atoms with Crippen molar-refractivity contribution in [2.45, 2.75) is 101 Å². The molecule has 3 aromatic rings. The summed E-state index contributed by atoms with van der Waals surface area (Å²) < 4.78 is 2.22. The standard InChI is InChI=1S/C33H43N7O/c1-21(2)39-20-35-28-19-27(37-31(30(28)39)36-23-7-8-23)22-6-9-26-29(16-22)40(32(41)33(26)10-12-34-13-11-33)25-17-24(18-25)38-14-4-3-5-15-38/h6,9,16,19-21,23-25,34H,3-5,7-8,10-15,17-18H2,1-2H3,(H,36,37).